The molecule has 0 amide bonds. The van der Waals surface area contributed by atoms with Crippen molar-refractivity contribution >= 4 is 15.9 Å². The molecule has 4 heteroatoms. The predicted molar refractivity (Wildman–Crippen MR) is 76.0 cm³/mol. The highest BCUT2D eigenvalue weighted by Gasteiger charge is 2.04. The molecule has 96 valence electrons. The Morgan fingerprint density at radius 2 is 2.18 bits per heavy atom. The molecular formula is C13H22BrN3. The van der Waals surface area contributed by atoms with Crippen LogP contribution in [0.15, 0.2) is 22.8 Å². The van der Waals surface area contributed by atoms with E-state index in [0.717, 1.165) is 36.3 Å². The largest absolute Gasteiger partial charge is 0.313 e. The van der Waals surface area contributed by atoms with Crippen LogP contribution in [0, 0.1) is 0 Å². The Bertz CT molecular complexity index is 311. The lowest BCUT2D eigenvalue weighted by Crippen LogP contribution is -2.34. The first kappa shape index (κ1) is 14.6. The SMILES string of the molecule is CCN(CCNC(C)C)Cc1ccc(Br)cn1. The number of halogens is 1. The summed E-state index contributed by atoms with van der Waals surface area (Å²) in [6.45, 7) is 10.6. The van der Waals surface area contributed by atoms with E-state index in [1.807, 2.05) is 12.3 Å². The Balaban J connectivity index is 2.38. The third-order valence-corrected chi connectivity index (χ3v) is 3.07. The predicted octanol–water partition coefficient (Wildman–Crippen LogP) is 2.66. The highest BCUT2D eigenvalue weighted by molar-refractivity contribution is 9.10. The fourth-order valence-corrected chi connectivity index (χ4v) is 1.82. The number of pyridine rings is 1. The van der Waals surface area contributed by atoms with Gasteiger partial charge in [-0.15, -0.1) is 0 Å². The normalized spacial score (nSPS) is 11.4. The molecule has 0 unspecified atom stereocenters. The van der Waals surface area contributed by atoms with E-state index in [1.165, 1.54) is 0 Å². The van der Waals surface area contributed by atoms with Crippen molar-refractivity contribution in [2.75, 3.05) is 19.6 Å². The van der Waals surface area contributed by atoms with Crippen LogP contribution in [0.4, 0.5) is 0 Å². The van der Waals surface area contributed by atoms with Crippen molar-refractivity contribution in [3.63, 3.8) is 0 Å². The molecule has 1 heterocycles. The van der Waals surface area contributed by atoms with E-state index in [-0.39, 0.29) is 0 Å². The lowest BCUT2D eigenvalue weighted by molar-refractivity contribution is 0.273. The molecule has 1 N–H and O–H groups in total. The van der Waals surface area contributed by atoms with E-state index in [0.29, 0.717) is 6.04 Å². The van der Waals surface area contributed by atoms with Gasteiger partial charge in [-0.1, -0.05) is 20.8 Å². The van der Waals surface area contributed by atoms with Crippen molar-refractivity contribution in [2.45, 2.75) is 33.4 Å². The summed E-state index contributed by atoms with van der Waals surface area (Å²) in [6, 6.07) is 4.67. The Morgan fingerprint density at radius 3 is 2.71 bits per heavy atom. The van der Waals surface area contributed by atoms with E-state index in [1.54, 1.807) is 0 Å². The summed E-state index contributed by atoms with van der Waals surface area (Å²) in [7, 11) is 0. The van der Waals surface area contributed by atoms with Crippen LogP contribution in [0.25, 0.3) is 0 Å². The first-order valence-corrected chi connectivity index (χ1v) is 6.97. The minimum atomic E-state index is 0.555. The zero-order chi connectivity index (χ0) is 12.7. The number of rotatable bonds is 7. The highest BCUT2D eigenvalue weighted by atomic mass is 79.9. The summed E-state index contributed by atoms with van der Waals surface area (Å²) < 4.78 is 1.03. The Labute approximate surface area is 113 Å². The fourth-order valence-electron chi connectivity index (χ4n) is 1.59. The van der Waals surface area contributed by atoms with Gasteiger partial charge in [0, 0.05) is 36.3 Å². The minimum Gasteiger partial charge on any atom is -0.313 e. The van der Waals surface area contributed by atoms with Crippen LogP contribution in [0.1, 0.15) is 26.5 Å². The molecule has 0 aliphatic heterocycles. The summed E-state index contributed by atoms with van der Waals surface area (Å²) in [6.07, 6.45) is 1.86. The molecule has 0 bridgehead atoms. The van der Waals surface area contributed by atoms with Crippen LogP contribution in [0.5, 0.6) is 0 Å². The smallest absolute Gasteiger partial charge is 0.0544 e. The second-order valence-electron chi connectivity index (χ2n) is 4.45. The summed E-state index contributed by atoms with van der Waals surface area (Å²) in [4.78, 5) is 6.79. The van der Waals surface area contributed by atoms with E-state index in [9.17, 15) is 0 Å². The summed E-state index contributed by atoms with van der Waals surface area (Å²) in [5, 5.41) is 3.44. The summed E-state index contributed by atoms with van der Waals surface area (Å²) in [5.74, 6) is 0. The number of nitrogens with one attached hydrogen (secondary N) is 1. The van der Waals surface area contributed by atoms with Crippen LogP contribution < -0.4 is 5.32 Å². The van der Waals surface area contributed by atoms with Crippen molar-refractivity contribution in [3.05, 3.63) is 28.5 Å². The summed E-state index contributed by atoms with van der Waals surface area (Å²) >= 11 is 3.40. The highest BCUT2D eigenvalue weighted by Crippen LogP contribution is 2.08. The van der Waals surface area contributed by atoms with Crippen LogP contribution in [0.2, 0.25) is 0 Å². The molecule has 0 aliphatic rings. The maximum atomic E-state index is 4.40. The average Bonchev–Trinajstić information content (AvgIpc) is 2.30. The molecule has 0 aromatic carbocycles. The lowest BCUT2D eigenvalue weighted by atomic mass is 10.3. The van der Waals surface area contributed by atoms with Gasteiger partial charge in [0.2, 0.25) is 0 Å². The topological polar surface area (TPSA) is 28.2 Å². The van der Waals surface area contributed by atoms with Gasteiger partial charge in [0.15, 0.2) is 0 Å². The van der Waals surface area contributed by atoms with Gasteiger partial charge in [-0.2, -0.15) is 0 Å². The average molecular weight is 300 g/mol. The maximum absolute atomic E-state index is 4.40. The van der Waals surface area contributed by atoms with Gasteiger partial charge in [0.05, 0.1) is 5.69 Å². The molecule has 1 rings (SSSR count). The first-order chi connectivity index (χ1) is 8.11. The molecule has 3 nitrogen and oxygen atoms in total. The molecule has 17 heavy (non-hydrogen) atoms. The van der Waals surface area contributed by atoms with Gasteiger partial charge < -0.3 is 5.32 Å². The third-order valence-electron chi connectivity index (χ3n) is 2.60. The number of likely N-dealkylation sites (N-methyl/N-ethyl adjacent to an activating group) is 1. The van der Waals surface area contributed by atoms with Crippen LogP contribution in [-0.4, -0.2) is 35.6 Å². The molecule has 0 saturated carbocycles. The zero-order valence-electron chi connectivity index (χ0n) is 10.9. The second-order valence-corrected chi connectivity index (χ2v) is 5.36. The van der Waals surface area contributed by atoms with Crippen molar-refractivity contribution < 1.29 is 0 Å². The molecule has 0 aliphatic carbocycles. The standard InChI is InChI=1S/C13H22BrN3/c1-4-17(8-7-15-11(2)3)10-13-6-5-12(14)9-16-13/h5-6,9,11,15H,4,7-8,10H2,1-3H3. The van der Waals surface area contributed by atoms with Gasteiger partial charge in [0.25, 0.3) is 0 Å². The van der Waals surface area contributed by atoms with Crippen LogP contribution in [0.3, 0.4) is 0 Å². The van der Waals surface area contributed by atoms with Gasteiger partial charge in [-0.3, -0.25) is 9.88 Å². The van der Waals surface area contributed by atoms with Crippen LogP contribution in [-0.2, 0) is 6.54 Å². The molecule has 0 spiro atoms. The van der Waals surface area contributed by atoms with Crippen LogP contribution >= 0.6 is 15.9 Å². The quantitative estimate of drug-likeness (QED) is 0.839. The van der Waals surface area contributed by atoms with E-state index in [2.05, 4.69) is 58.0 Å². The lowest BCUT2D eigenvalue weighted by Gasteiger charge is -2.20. The van der Waals surface area contributed by atoms with Crippen molar-refractivity contribution in [2.24, 2.45) is 0 Å². The maximum Gasteiger partial charge on any atom is 0.0544 e. The Hall–Kier alpha value is -0.450. The van der Waals surface area contributed by atoms with Crippen molar-refractivity contribution in [3.8, 4) is 0 Å². The Morgan fingerprint density at radius 1 is 1.41 bits per heavy atom. The van der Waals surface area contributed by atoms with Crippen molar-refractivity contribution in [1.29, 1.82) is 0 Å². The number of aromatic nitrogens is 1. The van der Waals surface area contributed by atoms with E-state index < -0.39 is 0 Å². The molecular weight excluding hydrogens is 278 g/mol. The molecule has 1 aromatic heterocycles. The Kier molecular flexibility index (Phi) is 6.70. The number of hydrogen-bond acceptors (Lipinski definition) is 3. The minimum absolute atomic E-state index is 0.555. The first-order valence-electron chi connectivity index (χ1n) is 6.18. The second kappa shape index (κ2) is 7.80. The van der Waals surface area contributed by atoms with Gasteiger partial charge >= 0.3 is 0 Å². The fraction of sp³-hybridized carbons (Fsp3) is 0.615. The monoisotopic (exact) mass is 299 g/mol. The molecule has 0 atom stereocenters. The molecule has 0 saturated heterocycles. The van der Waals surface area contributed by atoms with E-state index in [4.69, 9.17) is 0 Å². The molecule has 0 radical (unpaired) electrons. The molecule has 0 fully saturated rings. The van der Waals surface area contributed by atoms with Gasteiger partial charge in [-0.25, -0.2) is 0 Å². The summed E-state index contributed by atoms with van der Waals surface area (Å²) in [5.41, 5.74) is 1.12. The van der Waals surface area contributed by atoms with Gasteiger partial charge in [-0.05, 0) is 34.6 Å². The number of nitrogens with zero attached hydrogens (tertiary/aromatic N) is 2. The third kappa shape index (κ3) is 6.15. The number of hydrogen-bond donors (Lipinski definition) is 1. The van der Waals surface area contributed by atoms with Crippen molar-refractivity contribution in [1.82, 2.24) is 15.2 Å². The van der Waals surface area contributed by atoms with E-state index >= 15 is 0 Å². The molecule has 1 aromatic rings. The van der Waals surface area contributed by atoms with Gasteiger partial charge in [0.1, 0.15) is 0 Å². The zero-order valence-corrected chi connectivity index (χ0v) is 12.5.